The zero-order valence-electron chi connectivity index (χ0n) is 14.5. The van der Waals surface area contributed by atoms with E-state index in [9.17, 15) is 4.79 Å². The molecular formula is C17H22N6O2. The number of nitrogens with zero attached hydrogens (tertiary/aromatic N) is 6. The van der Waals surface area contributed by atoms with E-state index in [0.717, 1.165) is 19.5 Å². The van der Waals surface area contributed by atoms with E-state index in [1.807, 2.05) is 24.3 Å². The summed E-state index contributed by atoms with van der Waals surface area (Å²) in [4.78, 5) is 25.5. The second kappa shape index (κ2) is 6.34. The van der Waals surface area contributed by atoms with E-state index in [-0.39, 0.29) is 11.8 Å². The number of hydrogen-bond donors (Lipinski definition) is 0. The Morgan fingerprint density at radius 1 is 1.28 bits per heavy atom. The second-order valence-corrected chi connectivity index (χ2v) is 6.61. The molecule has 25 heavy (non-hydrogen) atoms. The summed E-state index contributed by atoms with van der Waals surface area (Å²) in [5, 5.41) is 4.20. The van der Waals surface area contributed by atoms with Gasteiger partial charge in [-0.1, -0.05) is 0 Å². The van der Waals surface area contributed by atoms with Crippen molar-refractivity contribution in [2.24, 2.45) is 13.0 Å². The maximum Gasteiger partial charge on any atom is 0.228 e. The minimum atomic E-state index is 0.115. The Bertz CT molecular complexity index is 768. The highest BCUT2D eigenvalue weighted by molar-refractivity contribution is 5.83. The first-order valence-corrected chi connectivity index (χ1v) is 8.55. The van der Waals surface area contributed by atoms with E-state index in [0.29, 0.717) is 30.8 Å². The fraction of sp³-hybridized carbons (Fsp3) is 0.529. The van der Waals surface area contributed by atoms with E-state index < -0.39 is 0 Å². The number of amides is 1. The number of anilines is 1. The van der Waals surface area contributed by atoms with Crippen LogP contribution in [-0.4, -0.2) is 63.8 Å². The molecule has 1 saturated heterocycles. The van der Waals surface area contributed by atoms with Gasteiger partial charge in [0.05, 0.1) is 13.3 Å². The van der Waals surface area contributed by atoms with Gasteiger partial charge in [-0.25, -0.2) is 4.98 Å². The van der Waals surface area contributed by atoms with Crippen LogP contribution in [0.3, 0.4) is 0 Å². The van der Waals surface area contributed by atoms with E-state index in [4.69, 9.17) is 4.74 Å². The number of ether oxygens (including phenoxy) is 1. The summed E-state index contributed by atoms with van der Waals surface area (Å²) in [6.07, 6.45) is 6.51. The zero-order valence-corrected chi connectivity index (χ0v) is 14.5. The van der Waals surface area contributed by atoms with Gasteiger partial charge in [0, 0.05) is 57.6 Å². The van der Waals surface area contributed by atoms with Crippen LogP contribution in [0.1, 0.15) is 17.9 Å². The van der Waals surface area contributed by atoms with Gasteiger partial charge < -0.3 is 14.5 Å². The van der Waals surface area contributed by atoms with Crippen LogP contribution in [0.2, 0.25) is 0 Å². The highest BCUT2D eigenvalue weighted by atomic mass is 16.5. The molecule has 2 aromatic heterocycles. The molecule has 8 heteroatoms. The lowest BCUT2D eigenvalue weighted by Crippen LogP contribution is -2.49. The number of aryl methyl sites for hydroxylation is 1. The van der Waals surface area contributed by atoms with Crippen LogP contribution in [0.5, 0.6) is 5.88 Å². The van der Waals surface area contributed by atoms with Gasteiger partial charge in [-0.05, 0) is 17.9 Å². The fourth-order valence-electron chi connectivity index (χ4n) is 3.43. The van der Waals surface area contributed by atoms with Crippen LogP contribution in [0.15, 0.2) is 24.7 Å². The number of carbonyl (C=O) groups is 1. The third kappa shape index (κ3) is 3.16. The van der Waals surface area contributed by atoms with Crippen molar-refractivity contribution in [3.05, 3.63) is 30.2 Å². The van der Waals surface area contributed by atoms with Gasteiger partial charge >= 0.3 is 0 Å². The summed E-state index contributed by atoms with van der Waals surface area (Å²) in [5.41, 5.74) is 1.17. The molecule has 4 rings (SSSR count). The molecule has 2 aliphatic rings. The highest BCUT2D eigenvalue weighted by Gasteiger charge is 2.46. The zero-order chi connectivity index (χ0) is 17.4. The number of rotatable bonds is 4. The first-order valence-electron chi connectivity index (χ1n) is 8.55. The monoisotopic (exact) mass is 342 g/mol. The van der Waals surface area contributed by atoms with Gasteiger partial charge in [0.2, 0.25) is 17.7 Å². The maximum absolute atomic E-state index is 12.7. The van der Waals surface area contributed by atoms with Crippen LogP contribution in [-0.2, 0) is 11.8 Å². The number of methoxy groups -OCH3 is 1. The number of hydrogen-bond acceptors (Lipinski definition) is 6. The van der Waals surface area contributed by atoms with Crippen molar-refractivity contribution in [3.8, 4) is 5.88 Å². The van der Waals surface area contributed by atoms with Crippen LogP contribution < -0.4 is 9.64 Å². The number of aromatic nitrogens is 4. The van der Waals surface area contributed by atoms with Gasteiger partial charge in [-0.3, -0.25) is 9.48 Å². The SMILES string of the molecule is COc1ccnc(N2CCN(C(=O)[C@H]3C[C@H]3c3cnn(C)c3)CC2)n1. The quantitative estimate of drug-likeness (QED) is 0.813. The number of piperazine rings is 1. The van der Waals surface area contributed by atoms with E-state index in [1.165, 1.54) is 5.56 Å². The third-order valence-electron chi connectivity index (χ3n) is 4.96. The molecule has 2 atom stereocenters. The molecule has 1 aliphatic heterocycles. The Hall–Kier alpha value is -2.64. The first-order chi connectivity index (χ1) is 12.2. The molecule has 1 aliphatic carbocycles. The Labute approximate surface area is 146 Å². The van der Waals surface area contributed by atoms with E-state index in [1.54, 1.807) is 24.1 Å². The molecule has 0 unspecified atom stereocenters. The summed E-state index contributed by atoms with van der Waals surface area (Å²) in [5.74, 6) is 1.93. The molecule has 0 N–H and O–H groups in total. The van der Waals surface area contributed by atoms with Crippen molar-refractivity contribution in [3.63, 3.8) is 0 Å². The molecule has 1 saturated carbocycles. The molecule has 3 heterocycles. The molecular weight excluding hydrogens is 320 g/mol. The summed E-state index contributed by atoms with van der Waals surface area (Å²) in [6, 6.07) is 1.73. The molecule has 2 fully saturated rings. The van der Waals surface area contributed by atoms with Gasteiger partial charge in [0.25, 0.3) is 0 Å². The smallest absolute Gasteiger partial charge is 0.228 e. The van der Waals surface area contributed by atoms with Crippen LogP contribution in [0.4, 0.5) is 5.95 Å². The van der Waals surface area contributed by atoms with Gasteiger partial charge in [0.1, 0.15) is 0 Å². The Balaban J connectivity index is 1.33. The Morgan fingerprint density at radius 2 is 2.08 bits per heavy atom. The molecule has 1 amide bonds. The van der Waals surface area contributed by atoms with Crippen LogP contribution >= 0.6 is 0 Å². The van der Waals surface area contributed by atoms with Gasteiger partial charge in [0.15, 0.2) is 0 Å². The Morgan fingerprint density at radius 3 is 2.76 bits per heavy atom. The fourth-order valence-corrected chi connectivity index (χ4v) is 3.43. The first kappa shape index (κ1) is 15.9. The standard InChI is InChI=1S/C17H22N6O2/c1-21-11-12(10-19-21)13-9-14(13)16(24)22-5-7-23(8-6-22)17-18-4-3-15(20-17)25-2/h3-4,10-11,13-14H,5-9H2,1-2H3/t13-,14-/m0/s1. The third-order valence-corrected chi connectivity index (χ3v) is 4.96. The lowest BCUT2D eigenvalue weighted by molar-refractivity contribution is -0.133. The molecule has 2 aromatic rings. The van der Waals surface area contributed by atoms with Gasteiger partial charge in [-0.15, -0.1) is 0 Å². The van der Waals surface area contributed by atoms with Crippen LogP contribution in [0.25, 0.3) is 0 Å². The highest BCUT2D eigenvalue weighted by Crippen LogP contribution is 2.48. The van der Waals surface area contributed by atoms with Crippen molar-refractivity contribution in [2.75, 3.05) is 38.2 Å². The molecule has 0 bridgehead atoms. The molecule has 8 nitrogen and oxygen atoms in total. The average Bonchev–Trinajstić information content (AvgIpc) is 3.35. The van der Waals surface area contributed by atoms with Crippen molar-refractivity contribution >= 4 is 11.9 Å². The second-order valence-electron chi connectivity index (χ2n) is 6.61. The normalized spacial score (nSPS) is 22.8. The average molecular weight is 342 g/mol. The largest absolute Gasteiger partial charge is 0.481 e. The van der Waals surface area contributed by atoms with Crippen LogP contribution in [0, 0.1) is 5.92 Å². The van der Waals surface area contributed by atoms with Crippen molar-refractivity contribution in [1.29, 1.82) is 0 Å². The Kier molecular flexibility index (Phi) is 4.03. The van der Waals surface area contributed by atoms with Crippen molar-refractivity contribution in [2.45, 2.75) is 12.3 Å². The van der Waals surface area contributed by atoms with Crippen molar-refractivity contribution in [1.82, 2.24) is 24.6 Å². The van der Waals surface area contributed by atoms with Gasteiger partial charge in [-0.2, -0.15) is 10.1 Å². The predicted molar refractivity (Wildman–Crippen MR) is 91.4 cm³/mol. The topological polar surface area (TPSA) is 76.4 Å². The summed E-state index contributed by atoms with van der Waals surface area (Å²) < 4.78 is 6.94. The molecule has 132 valence electrons. The molecule has 0 aromatic carbocycles. The molecule has 0 spiro atoms. The maximum atomic E-state index is 12.7. The summed E-state index contributed by atoms with van der Waals surface area (Å²) >= 11 is 0. The van der Waals surface area contributed by atoms with E-state index in [2.05, 4.69) is 20.0 Å². The van der Waals surface area contributed by atoms with E-state index >= 15 is 0 Å². The minimum absolute atomic E-state index is 0.115. The summed E-state index contributed by atoms with van der Waals surface area (Å²) in [6.45, 7) is 2.89. The lowest BCUT2D eigenvalue weighted by Gasteiger charge is -2.35. The predicted octanol–water partition coefficient (Wildman–Crippen LogP) is 0.671. The number of carbonyl (C=O) groups excluding carboxylic acids is 1. The molecule has 0 radical (unpaired) electrons. The van der Waals surface area contributed by atoms with Crippen molar-refractivity contribution < 1.29 is 9.53 Å². The lowest BCUT2D eigenvalue weighted by atomic mass is 10.1. The summed E-state index contributed by atoms with van der Waals surface area (Å²) in [7, 11) is 3.50. The minimum Gasteiger partial charge on any atom is -0.481 e.